The van der Waals surface area contributed by atoms with Crippen LogP contribution in [0.3, 0.4) is 0 Å². The topological polar surface area (TPSA) is 82.3 Å². The molecule has 0 unspecified atom stereocenters. The van der Waals surface area contributed by atoms with Gasteiger partial charge < -0.3 is 4.74 Å². The van der Waals surface area contributed by atoms with E-state index in [1.165, 1.54) is 10.8 Å². The second-order valence-corrected chi connectivity index (χ2v) is 6.34. The van der Waals surface area contributed by atoms with Gasteiger partial charge >= 0.3 is 0 Å². The minimum atomic E-state index is -0.0998. The molecule has 0 saturated carbocycles. The zero-order valence-corrected chi connectivity index (χ0v) is 15.0. The fourth-order valence-corrected chi connectivity index (χ4v) is 2.74. The van der Waals surface area contributed by atoms with Gasteiger partial charge in [-0.1, -0.05) is 6.07 Å². The normalized spacial score (nSPS) is 10.9. The van der Waals surface area contributed by atoms with Crippen LogP contribution in [0.1, 0.15) is 27.2 Å². The highest BCUT2D eigenvalue weighted by atomic mass is 16.5. The van der Waals surface area contributed by atoms with Crippen LogP contribution in [0.4, 0.5) is 0 Å². The molecule has 0 saturated heterocycles. The van der Waals surface area contributed by atoms with Crippen LogP contribution in [-0.2, 0) is 6.42 Å². The van der Waals surface area contributed by atoms with Gasteiger partial charge in [-0.05, 0) is 43.2 Å². The summed E-state index contributed by atoms with van der Waals surface area (Å²) in [6.07, 6.45) is 8.39. The van der Waals surface area contributed by atoms with E-state index in [9.17, 15) is 4.79 Å². The maximum Gasteiger partial charge on any atom is 0.172 e. The smallest absolute Gasteiger partial charge is 0.172 e. The molecular formula is C20H17N5O2. The molecule has 0 aliphatic rings. The predicted octanol–water partition coefficient (Wildman–Crippen LogP) is 3.35. The fraction of sp³-hybridized carbons (Fsp3) is 0.150. The molecule has 0 N–H and O–H groups in total. The molecular weight excluding hydrogens is 342 g/mol. The third-order valence-corrected chi connectivity index (χ3v) is 4.05. The molecule has 0 radical (unpaired) electrons. The second kappa shape index (κ2) is 6.95. The van der Waals surface area contributed by atoms with Gasteiger partial charge in [-0.25, -0.2) is 9.50 Å². The van der Waals surface area contributed by atoms with Crippen LogP contribution in [-0.4, -0.2) is 30.3 Å². The van der Waals surface area contributed by atoms with Gasteiger partial charge in [-0.15, -0.1) is 0 Å². The van der Waals surface area contributed by atoms with Crippen LogP contribution in [0.2, 0.25) is 0 Å². The molecule has 0 aliphatic heterocycles. The third kappa shape index (κ3) is 3.67. The summed E-state index contributed by atoms with van der Waals surface area (Å²) in [5, 5.41) is 4.14. The van der Waals surface area contributed by atoms with E-state index in [0.29, 0.717) is 28.4 Å². The molecule has 0 spiro atoms. The van der Waals surface area contributed by atoms with Gasteiger partial charge in [0.25, 0.3) is 0 Å². The van der Waals surface area contributed by atoms with Crippen LogP contribution >= 0.6 is 0 Å². The van der Waals surface area contributed by atoms with Crippen LogP contribution < -0.4 is 4.74 Å². The maximum absolute atomic E-state index is 12.9. The van der Waals surface area contributed by atoms with Crippen molar-refractivity contribution >= 4 is 11.4 Å². The molecule has 4 aromatic heterocycles. The van der Waals surface area contributed by atoms with Crippen molar-refractivity contribution in [1.82, 2.24) is 24.6 Å². The summed E-state index contributed by atoms with van der Waals surface area (Å²) in [4.78, 5) is 25.5. The number of fused-ring (bicyclic) bond motifs is 1. The lowest BCUT2D eigenvalue weighted by atomic mass is 10.1. The number of ketones is 1. The summed E-state index contributed by atoms with van der Waals surface area (Å²) in [5.41, 5.74) is 3.66. The van der Waals surface area contributed by atoms with E-state index < -0.39 is 0 Å². The average Bonchev–Trinajstić information content (AvgIpc) is 3.11. The van der Waals surface area contributed by atoms with Gasteiger partial charge in [-0.2, -0.15) is 5.10 Å². The molecule has 4 heterocycles. The number of aromatic nitrogens is 5. The van der Waals surface area contributed by atoms with Gasteiger partial charge in [0.05, 0.1) is 24.4 Å². The van der Waals surface area contributed by atoms with Crippen molar-refractivity contribution in [1.29, 1.82) is 0 Å². The van der Waals surface area contributed by atoms with Gasteiger partial charge in [0.15, 0.2) is 11.4 Å². The van der Waals surface area contributed by atoms with Gasteiger partial charge in [-0.3, -0.25) is 14.8 Å². The summed E-state index contributed by atoms with van der Waals surface area (Å²) < 4.78 is 7.41. The number of ether oxygens (including phenoxy) is 1. The summed E-state index contributed by atoms with van der Waals surface area (Å²) in [5.74, 6) is 0.978. The number of carbonyl (C=O) groups excluding carboxylic acids is 1. The Kier molecular flexibility index (Phi) is 4.33. The Hall–Kier alpha value is -3.61. The lowest BCUT2D eigenvalue weighted by Gasteiger charge is -2.09. The van der Waals surface area contributed by atoms with Crippen LogP contribution in [0, 0.1) is 13.8 Å². The number of carbonyl (C=O) groups is 1. The first-order chi connectivity index (χ1) is 13.1. The zero-order valence-electron chi connectivity index (χ0n) is 15.0. The highest BCUT2D eigenvalue weighted by Crippen LogP contribution is 2.24. The molecule has 0 bridgehead atoms. The number of aryl methyl sites for hydroxylation is 2. The van der Waals surface area contributed by atoms with Crippen molar-refractivity contribution in [3.05, 3.63) is 77.8 Å². The number of hydrogen-bond acceptors (Lipinski definition) is 6. The Morgan fingerprint density at radius 1 is 1.04 bits per heavy atom. The van der Waals surface area contributed by atoms with Gasteiger partial charge in [0.2, 0.25) is 0 Å². The lowest BCUT2D eigenvalue weighted by Crippen LogP contribution is -2.08. The van der Waals surface area contributed by atoms with Crippen molar-refractivity contribution in [2.24, 2.45) is 0 Å². The first-order valence-electron chi connectivity index (χ1n) is 8.46. The van der Waals surface area contributed by atoms with Crippen LogP contribution in [0.25, 0.3) is 5.65 Å². The first-order valence-corrected chi connectivity index (χ1v) is 8.46. The number of nitrogens with zero attached hydrogens (tertiary/aromatic N) is 5. The minimum Gasteiger partial charge on any atom is -0.454 e. The van der Waals surface area contributed by atoms with Gasteiger partial charge in [0, 0.05) is 18.1 Å². The quantitative estimate of drug-likeness (QED) is 0.508. The molecule has 4 rings (SSSR count). The highest BCUT2D eigenvalue weighted by molar-refractivity contribution is 6.02. The zero-order chi connectivity index (χ0) is 18.8. The first kappa shape index (κ1) is 16.8. The summed E-state index contributed by atoms with van der Waals surface area (Å²) in [6.45, 7) is 3.89. The van der Waals surface area contributed by atoms with E-state index in [0.717, 1.165) is 11.1 Å². The molecule has 27 heavy (non-hydrogen) atoms. The van der Waals surface area contributed by atoms with Crippen molar-refractivity contribution in [2.75, 3.05) is 0 Å². The summed E-state index contributed by atoms with van der Waals surface area (Å²) in [6, 6.07) is 7.35. The molecule has 0 amide bonds. The molecule has 0 aromatic carbocycles. The lowest BCUT2D eigenvalue weighted by molar-refractivity contribution is 0.0992. The molecule has 0 aliphatic carbocycles. The third-order valence-electron chi connectivity index (χ3n) is 4.05. The Morgan fingerprint density at radius 3 is 2.70 bits per heavy atom. The summed E-state index contributed by atoms with van der Waals surface area (Å²) in [7, 11) is 0. The van der Waals surface area contributed by atoms with Crippen molar-refractivity contribution < 1.29 is 9.53 Å². The minimum absolute atomic E-state index is 0.0998. The van der Waals surface area contributed by atoms with E-state index in [1.807, 2.05) is 32.0 Å². The number of pyridine rings is 3. The Balaban J connectivity index is 1.67. The van der Waals surface area contributed by atoms with Crippen molar-refractivity contribution in [2.45, 2.75) is 20.3 Å². The van der Waals surface area contributed by atoms with Crippen LogP contribution in [0.15, 0.2) is 55.4 Å². The Labute approximate surface area is 155 Å². The van der Waals surface area contributed by atoms with Gasteiger partial charge in [0.1, 0.15) is 17.8 Å². The predicted molar refractivity (Wildman–Crippen MR) is 99.0 cm³/mol. The van der Waals surface area contributed by atoms with Crippen molar-refractivity contribution in [3.63, 3.8) is 0 Å². The van der Waals surface area contributed by atoms with E-state index in [1.54, 1.807) is 30.9 Å². The Bertz CT molecular complexity index is 1120. The molecule has 7 heteroatoms. The Morgan fingerprint density at radius 2 is 1.93 bits per heavy atom. The molecule has 7 nitrogen and oxygen atoms in total. The van der Waals surface area contributed by atoms with Crippen LogP contribution in [0.5, 0.6) is 11.5 Å². The second-order valence-electron chi connectivity index (χ2n) is 6.34. The van der Waals surface area contributed by atoms with Crippen molar-refractivity contribution in [3.8, 4) is 11.5 Å². The molecule has 4 aromatic rings. The monoisotopic (exact) mass is 359 g/mol. The van der Waals surface area contributed by atoms with E-state index >= 15 is 0 Å². The number of hydrogen-bond donors (Lipinski definition) is 0. The molecule has 0 atom stereocenters. The highest BCUT2D eigenvalue weighted by Gasteiger charge is 2.16. The van der Waals surface area contributed by atoms with E-state index in [-0.39, 0.29) is 12.2 Å². The molecule has 0 fully saturated rings. The average molecular weight is 359 g/mol. The fourth-order valence-electron chi connectivity index (χ4n) is 2.74. The van der Waals surface area contributed by atoms with E-state index in [4.69, 9.17) is 4.74 Å². The van der Waals surface area contributed by atoms with E-state index in [2.05, 4.69) is 20.1 Å². The SMILES string of the molecule is Cc1ccc(CC(=O)c2cc(Oc3cncc(C)c3)cn3ncnc23)nc1. The largest absolute Gasteiger partial charge is 0.454 e. The summed E-state index contributed by atoms with van der Waals surface area (Å²) >= 11 is 0. The maximum atomic E-state index is 12.9. The number of rotatable bonds is 5. The molecule has 134 valence electrons. The number of Topliss-reactive ketones (excluding diaryl/α,β-unsaturated/α-hetero) is 1. The standard InChI is InChI=1S/C20H17N5O2/c1-13-3-4-15(22-9-13)6-19(26)18-7-17(11-25-20(18)23-12-24-25)27-16-5-14(2)8-21-10-16/h3-5,7-12H,6H2,1-2H3.